The van der Waals surface area contributed by atoms with E-state index in [2.05, 4.69) is 32.6 Å². The fourth-order valence-electron chi connectivity index (χ4n) is 2.20. The Morgan fingerprint density at radius 1 is 1.38 bits per heavy atom. The van der Waals surface area contributed by atoms with Gasteiger partial charge in [-0.3, -0.25) is 4.90 Å². The summed E-state index contributed by atoms with van der Waals surface area (Å²) in [6.07, 6.45) is 0. The van der Waals surface area contributed by atoms with Crippen LogP contribution in [0, 0.1) is 17.8 Å². The molecule has 0 saturated carbocycles. The van der Waals surface area contributed by atoms with E-state index in [0.717, 1.165) is 23.8 Å². The molecular formula is C11H22ClN. The lowest BCUT2D eigenvalue weighted by Gasteiger charge is -2.25. The van der Waals surface area contributed by atoms with Crippen molar-refractivity contribution in [2.75, 3.05) is 19.0 Å². The van der Waals surface area contributed by atoms with Crippen molar-refractivity contribution in [1.29, 1.82) is 0 Å². The summed E-state index contributed by atoms with van der Waals surface area (Å²) in [6.45, 7) is 11.7. The van der Waals surface area contributed by atoms with E-state index in [0.29, 0.717) is 5.92 Å². The Balaban J connectivity index is 2.44. The van der Waals surface area contributed by atoms with Crippen LogP contribution in [0.15, 0.2) is 0 Å². The highest BCUT2D eigenvalue weighted by Gasteiger charge is 2.33. The van der Waals surface area contributed by atoms with Gasteiger partial charge in [-0.25, -0.2) is 0 Å². The molecule has 0 aromatic heterocycles. The minimum absolute atomic E-state index is 0.626. The van der Waals surface area contributed by atoms with Gasteiger partial charge >= 0.3 is 0 Å². The van der Waals surface area contributed by atoms with Gasteiger partial charge in [-0.1, -0.05) is 20.8 Å². The second-order valence-electron chi connectivity index (χ2n) is 4.79. The third kappa shape index (κ3) is 2.60. The predicted molar refractivity (Wildman–Crippen MR) is 59.2 cm³/mol. The van der Waals surface area contributed by atoms with Crippen molar-refractivity contribution in [1.82, 2.24) is 4.90 Å². The second-order valence-corrected chi connectivity index (χ2v) is 5.10. The van der Waals surface area contributed by atoms with Crippen LogP contribution in [0.2, 0.25) is 0 Å². The molecule has 1 rings (SSSR count). The first-order valence-corrected chi connectivity index (χ1v) is 5.89. The molecule has 0 radical (unpaired) electrons. The molecule has 4 unspecified atom stereocenters. The van der Waals surface area contributed by atoms with Gasteiger partial charge in [0.15, 0.2) is 0 Å². The minimum Gasteiger partial charge on any atom is -0.300 e. The van der Waals surface area contributed by atoms with Crippen LogP contribution in [0.4, 0.5) is 0 Å². The van der Waals surface area contributed by atoms with E-state index >= 15 is 0 Å². The molecule has 1 aliphatic heterocycles. The molecule has 0 amide bonds. The zero-order valence-electron chi connectivity index (χ0n) is 9.26. The minimum atomic E-state index is 0.626. The van der Waals surface area contributed by atoms with Crippen molar-refractivity contribution in [3.63, 3.8) is 0 Å². The summed E-state index contributed by atoms with van der Waals surface area (Å²) in [4.78, 5) is 2.59. The van der Waals surface area contributed by atoms with Gasteiger partial charge < -0.3 is 0 Å². The van der Waals surface area contributed by atoms with Crippen molar-refractivity contribution in [3.05, 3.63) is 0 Å². The summed E-state index contributed by atoms with van der Waals surface area (Å²) >= 11 is 5.82. The first kappa shape index (κ1) is 11.3. The summed E-state index contributed by atoms with van der Waals surface area (Å²) in [7, 11) is 0. The molecule has 0 aromatic rings. The van der Waals surface area contributed by atoms with E-state index in [-0.39, 0.29) is 0 Å². The Labute approximate surface area is 87.4 Å². The van der Waals surface area contributed by atoms with Gasteiger partial charge in [-0.05, 0) is 24.7 Å². The lowest BCUT2D eigenvalue weighted by molar-refractivity contribution is 0.222. The van der Waals surface area contributed by atoms with Crippen LogP contribution < -0.4 is 0 Å². The molecule has 0 spiro atoms. The molecule has 0 aliphatic carbocycles. The average molecular weight is 204 g/mol. The lowest BCUT2D eigenvalue weighted by Crippen LogP contribution is -2.33. The zero-order chi connectivity index (χ0) is 10.0. The second kappa shape index (κ2) is 4.65. The standard InChI is InChI=1S/C11H22ClN/c1-8(5-12)6-13-7-9(2)10(3)11(13)4/h8-11H,5-7H2,1-4H3. The van der Waals surface area contributed by atoms with Gasteiger partial charge in [0.2, 0.25) is 0 Å². The van der Waals surface area contributed by atoms with E-state index < -0.39 is 0 Å². The Morgan fingerprint density at radius 2 is 2.00 bits per heavy atom. The van der Waals surface area contributed by atoms with Crippen LogP contribution in [-0.4, -0.2) is 29.9 Å². The third-order valence-corrected chi connectivity index (χ3v) is 4.09. The quantitative estimate of drug-likeness (QED) is 0.638. The number of nitrogens with zero attached hydrogens (tertiary/aromatic N) is 1. The van der Waals surface area contributed by atoms with Crippen LogP contribution in [0.3, 0.4) is 0 Å². The zero-order valence-corrected chi connectivity index (χ0v) is 10.0. The van der Waals surface area contributed by atoms with Gasteiger partial charge in [0.05, 0.1) is 0 Å². The van der Waals surface area contributed by atoms with Gasteiger partial charge in [-0.2, -0.15) is 0 Å². The largest absolute Gasteiger partial charge is 0.300 e. The first-order chi connectivity index (χ1) is 6.06. The highest BCUT2D eigenvalue weighted by Crippen LogP contribution is 2.29. The molecular weight excluding hydrogens is 182 g/mol. The molecule has 1 fully saturated rings. The topological polar surface area (TPSA) is 3.24 Å². The van der Waals surface area contributed by atoms with E-state index in [4.69, 9.17) is 11.6 Å². The van der Waals surface area contributed by atoms with Gasteiger partial charge in [0, 0.05) is 25.0 Å². The maximum Gasteiger partial charge on any atom is 0.0261 e. The molecule has 0 aromatic carbocycles. The maximum atomic E-state index is 5.82. The molecule has 4 atom stereocenters. The maximum absolute atomic E-state index is 5.82. The molecule has 0 N–H and O–H groups in total. The highest BCUT2D eigenvalue weighted by molar-refractivity contribution is 6.18. The number of halogens is 1. The van der Waals surface area contributed by atoms with Crippen LogP contribution in [-0.2, 0) is 0 Å². The average Bonchev–Trinajstić information content (AvgIpc) is 2.34. The number of rotatable bonds is 3. The lowest BCUT2D eigenvalue weighted by atomic mass is 9.95. The van der Waals surface area contributed by atoms with Crippen LogP contribution in [0.1, 0.15) is 27.7 Å². The van der Waals surface area contributed by atoms with Gasteiger partial charge in [0.1, 0.15) is 0 Å². The Kier molecular flexibility index (Phi) is 4.06. The summed E-state index contributed by atoms with van der Waals surface area (Å²) < 4.78 is 0. The molecule has 1 heterocycles. The SMILES string of the molecule is CC(CCl)CN1CC(C)C(C)C1C. The van der Waals surface area contributed by atoms with E-state index in [1.807, 2.05) is 0 Å². The number of likely N-dealkylation sites (tertiary alicyclic amines) is 1. The van der Waals surface area contributed by atoms with E-state index in [1.54, 1.807) is 0 Å². The molecule has 1 saturated heterocycles. The Hall–Kier alpha value is 0.250. The first-order valence-electron chi connectivity index (χ1n) is 5.36. The van der Waals surface area contributed by atoms with Gasteiger partial charge in [-0.15, -0.1) is 11.6 Å². The molecule has 2 heteroatoms. The molecule has 1 aliphatic rings. The van der Waals surface area contributed by atoms with Crippen LogP contribution in [0.5, 0.6) is 0 Å². The summed E-state index contributed by atoms with van der Waals surface area (Å²) in [5, 5.41) is 0. The highest BCUT2D eigenvalue weighted by atomic mass is 35.5. The molecule has 78 valence electrons. The number of hydrogen-bond donors (Lipinski definition) is 0. The van der Waals surface area contributed by atoms with Crippen molar-refractivity contribution in [2.45, 2.75) is 33.7 Å². The summed E-state index contributed by atoms with van der Waals surface area (Å²) in [5.74, 6) is 3.09. The van der Waals surface area contributed by atoms with Crippen molar-refractivity contribution in [2.24, 2.45) is 17.8 Å². The number of alkyl halides is 1. The summed E-state index contributed by atoms with van der Waals surface area (Å²) in [5.41, 5.74) is 0. The molecule has 1 nitrogen and oxygen atoms in total. The van der Waals surface area contributed by atoms with E-state index in [9.17, 15) is 0 Å². The Bertz CT molecular complexity index is 160. The fourth-order valence-corrected chi connectivity index (χ4v) is 2.30. The third-order valence-electron chi connectivity index (χ3n) is 3.57. The van der Waals surface area contributed by atoms with Gasteiger partial charge in [0.25, 0.3) is 0 Å². The Morgan fingerprint density at radius 3 is 2.38 bits per heavy atom. The normalized spacial score (nSPS) is 38.1. The van der Waals surface area contributed by atoms with Crippen molar-refractivity contribution < 1.29 is 0 Å². The van der Waals surface area contributed by atoms with Crippen LogP contribution >= 0.6 is 11.6 Å². The fraction of sp³-hybridized carbons (Fsp3) is 1.00. The molecule has 0 bridgehead atoms. The number of hydrogen-bond acceptors (Lipinski definition) is 1. The van der Waals surface area contributed by atoms with E-state index in [1.165, 1.54) is 13.1 Å². The van der Waals surface area contributed by atoms with Crippen molar-refractivity contribution in [3.8, 4) is 0 Å². The van der Waals surface area contributed by atoms with Crippen molar-refractivity contribution >= 4 is 11.6 Å². The predicted octanol–water partition coefficient (Wildman–Crippen LogP) is 2.84. The molecule has 13 heavy (non-hydrogen) atoms. The van der Waals surface area contributed by atoms with Crippen LogP contribution in [0.25, 0.3) is 0 Å². The summed E-state index contributed by atoms with van der Waals surface area (Å²) in [6, 6.07) is 0.737. The smallest absolute Gasteiger partial charge is 0.0261 e. The monoisotopic (exact) mass is 203 g/mol.